The smallest absolute Gasteiger partial charge is 0.221 e. The molecule has 244 valence electrons. The van der Waals surface area contributed by atoms with Crippen LogP contribution in [-0.2, 0) is 0 Å². The fourth-order valence-electron chi connectivity index (χ4n) is 9.94. The van der Waals surface area contributed by atoms with Crippen LogP contribution < -0.4 is 5.32 Å². The molecule has 0 aromatic rings. The van der Waals surface area contributed by atoms with Gasteiger partial charge in [-0.25, -0.2) is 4.99 Å². The topological polar surface area (TPSA) is 43.2 Å². The van der Waals surface area contributed by atoms with Gasteiger partial charge in [-0.15, -0.1) is 0 Å². The fraction of sp³-hybridized carbons (Fsp3) is 0.947. The lowest BCUT2D eigenvalue weighted by Crippen LogP contribution is -2.60. The molecule has 0 atom stereocenters. The number of guanidine groups is 2. The van der Waals surface area contributed by atoms with E-state index in [2.05, 4.69) is 15.1 Å². The van der Waals surface area contributed by atoms with Gasteiger partial charge in [0, 0.05) is 30.2 Å². The molecule has 0 bridgehead atoms. The highest BCUT2D eigenvalue weighted by Gasteiger charge is 2.39. The van der Waals surface area contributed by atoms with E-state index in [1.165, 1.54) is 199 Å². The Hall–Kier alpha value is -1.26. The number of hydrogen-bond acceptors (Lipinski definition) is 1. The lowest BCUT2D eigenvalue weighted by Gasteiger charge is -2.51. The van der Waals surface area contributed by atoms with Gasteiger partial charge in [0.2, 0.25) is 11.9 Å². The minimum Gasteiger partial charge on any atom is -0.352 e. The van der Waals surface area contributed by atoms with Crippen LogP contribution in [0.25, 0.3) is 0 Å². The van der Waals surface area contributed by atoms with Crippen LogP contribution in [0.3, 0.4) is 0 Å². The maximum absolute atomic E-state index is 5.97. The molecule has 6 saturated carbocycles. The lowest BCUT2D eigenvalue weighted by atomic mass is 9.87. The second kappa shape index (κ2) is 16.9. The van der Waals surface area contributed by atoms with E-state index in [-0.39, 0.29) is 0 Å². The third kappa shape index (κ3) is 8.93. The van der Waals surface area contributed by atoms with Crippen LogP contribution in [0.5, 0.6) is 0 Å². The van der Waals surface area contributed by atoms with Crippen LogP contribution in [0.15, 0.2) is 9.98 Å². The van der Waals surface area contributed by atoms with E-state index in [4.69, 9.17) is 9.98 Å². The molecule has 6 fully saturated rings. The lowest BCUT2D eigenvalue weighted by molar-refractivity contribution is 0.0930. The maximum atomic E-state index is 5.97. The van der Waals surface area contributed by atoms with Gasteiger partial charge in [0.1, 0.15) is 0 Å². The van der Waals surface area contributed by atoms with Gasteiger partial charge in [0.25, 0.3) is 0 Å². The monoisotopic (exact) mass is 594 g/mol. The summed E-state index contributed by atoms with van der Waals surface area (Å²) in [5.74, 6) is 2.43. The van der Waals surface area contributed by atoms with E-state index in [0.717, 1.165) is 5.96 Å². The van der Waals surface area contributed by atoms with Crippen molar-refractivity contribution >= 4 is 11.9 Å². The zero-order chi connectivity index (χ0) is 29.1. The van der Waals surface area contributed by atoms with Crippen molar-refractivity contribution in [3.05, 3.63) is 0 Å². The molecule has 6 aliphatic carbocycles. The van der Waals surface area contributed by atoms with Crippen LogP contribution in [0.1, 0.15) is 193 Å². The van der Waals surface area contributed by atoms with Crippen LogP contribution >= 0.6 is 0 Å². The van der Waals surface area contributed by atoms with Crippen molar-refractivity contribution < 1.29 is 0 Å². The zero-order valence-electron chi connectivity index (χ0n) is 28.0. The normalized spacial score (nSPS) is 27.1. The first kappa shape index (κ1) is 31.7. The van der Waals surface area contributed by atoms with Crippen molar-refractivity contribution in [1.82, 2.24) is 15.1 Å². The Morgan fingerprint density at radius 2 is 0.721 bits per heavy atom. The van der Waals surface area contributed by atoms with Crippen LogP contribution in [0.4, 0.5) is 0 Å². The minimum atomic E-state index is 0.459. The van der Waals surface area contributed by atoms with Crippen molar-refractivity contribution in [3.8, 4) is 0 Å². The van der Waals surface area contributed by atoms with E-state index in [1.807, 2.05) is 0 Å². The van der Waals surface area contributed by atoms with Crippen molar-refractivity contribution in [1.29, 1.82) is 0 Å². The molecule has 0 aliphatic heterocycles. The van der Waals surface area contributed by atoms with Gasteiger partial charge in [-0.3, -0.25) is 0 Å². The predicted octanol–water partition coefficient (Wildman–Crippen LogP) is 9.89. The van der Waals surface area contributed by atoms with E-state index >= 15 is 0 Å². The number of nitrogens with one attached hydrogen (secondary N) is 1. The summed E-state index contributed by atoms with van der Waals surface area (Å²) in [5.41, 5.74) is 0. The predicted molar refractivity (Wildman–Crippen MR) is 183 cm³/mol. The molecule has 0 amide bonds. The SMILES string of the molecule is C1CCC(/N=C(\N=C(N(C2CCCCC2)C2CCCCC2)N(C2CCCCC2)C2CCCCC2)NC2CCCCC2)CC1. The average molecular weight is 594 g/mol. The Labute approximate surface area is 265 Å². The van der Waals surface area contributed by atoms with Crippen molar-refractivity contribution in [2.75, 3.05) is 0 Å². The molecule has 5 nitrogen and oxygen atoms in total. The average Bonchev–Trinajstić information content (AvgIpc) is 3.08. The molecule has 0 saturated heterocycles. The van der Waals surface area contributed by atoms with E-state index in [1.54, 1.807) is 0 Å². The summed E-state index contributed by atoms with van der Waals surface area (Å²) in [7, 11) is 0. The Balaban J connectivity index is 1.43. The molecule has 0 spiro atoms. The van der Waals surface area contributed by atoms with Gasteiger partial charge in [-0.05, 0) is 77.0 Å². The minimum absolute atomic E-state index is 0.459. The molecule has 6 aliphatic rings. The highest BCUT2D eigenvalue weighted by atomic mass is 15.4. The Bertz CT molecular complexity index is 770. The van der Waals surface area contributed by atoms with Gasteiger partial charge in [0.05, 0.1) is 6.04 Å². The molecule has 0 radical (unpaired) electrons. The molecule has 43 heavy (non-hydrogen) atoms. The summed E-state index contributed by atoms with van der Waals surface area (Å²) in [6.45, 7) is 0. The first-order valence-electron chi connectivity index (χ1n) is 19.8. The Kier molecular flexibility index (Phi) is 12.4. The molecular formula is C38H67N5. The van der Waals surface area contributed by atoms with Gasteiger partial charge in [0.15, 0.2) is 0 Å². The van der Waals surface area contributed by atoms with Gasteiger partial charge in [-0.2, -0.15) is 4.99 Å². The van der Waals surface area contributed by atoms with Crippen molar-refractivity contribution in [3.63, 3.8) is 0 Å². The summed E-state index contributed by atoms with van der Waals surface area (Å²) < 4.78 is 0. The summed E-state index contributed by atoms with van der Waals surface area (Å²) in [5, 5.41) is 4.06. The van der Waals surface area contributed by atoms with E-state index in [0.29, 0.717) is 36.3 Å². The van der Waals surface area contributed by atoms with Crippen LogP contribution in [0.2, 0.25) is 0 Å². The van der Waals surface area contributed by atoms with Gasteiger partial charge in [-0.1, -0.05) is 116 Å². The molecule has 0 heterocycles. The molecule has 0 aromatic carbocycles. The second-order valence-electron chi connectivity index (χ2n) is 15.6. The number of aliphatic imine (C=N–C) groups is 2. The largest absolute Gasteiger partial charge is 0.352 e. The third-order valence-corrected chi connectivity index (χ3v) is 12.4. The Morgan fingerprint density at radius 1 is 0.395 bits per heavy atom. The zero-order valence-corrected chi connectivity index (χ0v) is 28.0. The number of rotatable bonds is 6. The number of nitrogens with zero attached hydrogens (tertiary/aromatic N) is 4. The van der Waals surface area contributed by atoms with Crippen molar-refractivity contribution in [2.24, 2.45) is 9.98 Å². The van der Waals surface area contributed by atoms with Crippen LogP contribution in [0, 0.1) is 0 Å². The first-order chi connectivity index (χ1) is 21.3. The molecule has 0 unspecified atom stereocenters. The highest BCUT2D eigenvalue weighted by molar-refractivity contribution is 5.96. The standard InChI is InChI=1S/C38H67N5/c1-7-19-31(20-8-1)39-37(40-32-21-9-2-10-22-32)41-38(42(33-23-11-3-12-24-33)34-25-13-4-14-26-34)43(35-27-15-5-16-28-35)36-29-17-6-18-30-36/h31-36H,1-30H2,(H,39,40). The molecule has 1 N–H and O–H groups in total. The first-order valence-corrected chi connectivity index (χ1v) is 19.8. The van der Waals surface area contributed by atoms with Gasteiger partial charge < -0.3 is 15.1 Å². The molecular weight excluding hydrogens is 526 g/mol. The van der Waals surface area contributed by atoms with Crippen LogP contribution in [-0.4, -0.2) is 58.0 Å². The van der Waals surface area contributed by atoms with Gasteiger partial charge >= 0.3 is 0 Å². The Morgan fingerprint density at radius 3 is 1.09 bits per heavy atom. The highest BCUT2D eigenvalue weighted by Crippen LogP contribution is 2.36. The summed E-state index contributed by atoms with van der Waals surface area (Å²) in [4.78, 5) is 17.6. The fourth-order valence-corrected chi connectivity index (χ4v) is 9.94. The third-order valence-electron chi connectivity index (χ3n) is 12.4. The maximum Gasteiger partial charge on any atom is 0.221 e. The summed E-state index contributed by atoms with van der Waals surface area (Å²) in [6.07, 6.45) is 41.1. The van der Waals surface area contributed by atoms with E-state index < -0.39 is 0 Å². The number of hydrogen-bond donors (Lipinski definition) is 1. The summed E-state index contributed by atoms with van der Waals surface area (Å²) >= 11 is 0. The molecule has 0 aromatic heterocycles. The summed E-state index contributed by atoms with van der Waals surface area (Å²) in [6, 6.07) is 3.66. The quantitative estimate of drug-likeness (QED) is 0.246. The van der Waals surface area contributed by atoms with E-state index in [9.17, 15) is 0 Å². The van der Waals surface area contributed by atoms with Crippen molar-refractivity contribution in [2.45, 2.75) is 229 Å². The molecule has 6 rings (SSSR count). The second-order valence-corrected chi connectivity index (χ2v) is 15.6. The molecule has 5 heteroatoms.